The molecule has 0 saturated carbocycles. The van der Waals surface area contributed by atoms with Crippen LogP contribution in [0.5, 0.6) is 0 Å². The van der Waals surface area contributed by atoms with Gasteiger partial charge >= 0.3 is 0 Å². The Bertz CT molecular complexity index is 570. The fraction of sp³-hybridized carbons (Fsp3) is 0.571. The lowest BCUT2D eigenvalue weighted by Crippen LogP contribution is -2.38. The van der Waals surface area contributed by atoms with E-state index in [0.29, 0.717) is 19.5 Å². The zero-order valence-corrected chi connectivity index (χ0v) is 12.8. The van der Waals surface area contributed by atoms with E-state index >= 15 is 0 Å². The van der Waals surface area contributed by atoms with Gasteiger partial charge in [-0.15, -0.1) is 0 Å². The topological polar surface area (TPSA) is 72.6 Å². The first kappa shape index (κ1) is 15.3. The van der Waals surface area contributed by atoms with E-state index in [4.69, 9.17) is 10.5 Å². The smallest absolute Gasteiger partial charge is 0.216 e. The van der Waals surface area contributed by atoms with E-state index in [0.717, 1.165) is 16.8 Å². The lowest BCUT2D eigenvalue weighted by molar-refractivity contribution is 0.0906. The number of rotatable bonds is 5. The van der Waals surface area contributed by atoms with Crippen molar-refractivity contribution in [1.29, 1.82) is 0 Å². The third kappa shape index (κ3) is 3.50. The van der Waals surface area contributed by atoms with Gasteiger partial charge in [0.25, 0.3) is 0 Å². The number of hydrogen-bond donors (Lipinski definition) is 1. The van der Waals surface area contributed by atoms with Gasteiger partial charge in [0.2, 0.25) is 10.0 Å². The van der Waals surface area contributed by atoms with Gasteiger partial charge in [0.05, 0.1) is 18.5 Å². The average Bonchev–Trinajstić information content (AvgIpc) is 2.38. The van der Waals surface area contributed by atoms with E-state index in [2.05, 4.69) is 0 Å². The van der Waals surface area contributed by atoms with Gasteiger partial charge in [0, 0.05) is 18.8 Å². The maximum atomic E-state index is 12.3. The van der Waals surface area contributed by atoms with Gasteiger partial charge < -0.3 is 10.5 Å². The molecule has 1 aromatic carbocycles. The monoisotopic (exact) mass is 298 g/mol. The van der Waals surface area contributed by atoms with Gasteiger partial charge in [0.15, 0.2) is 0 Å². The second kappa shape index (κ2) is 6.11. The van der Waals surface area contributed by atoms with Crippen molar-refractivity contribution in [2.24, 2.45) is 0 Å². The first-order valence-electron chi connectivity index (χ1n) is 6.86. The summed E-state index contributed by atoms with van der Waals surface area (Å²) < 4.78 is 31.4. The molecule has 20 heavy (non-hydrogen) atoms. The molecule has 0 aliphatic carbocycles. The minimum absolute atomic E-state index is 0.0306. The summed E-state index contributed by atoms with van der Waals surface area (Å²) in [5, 5.41) is 0. The molecule has 0 unspecified atom stereocenters. The van der Waals surface area contributed by atoms with Gasteiger partial charge in [-0.2, -0.15) is 4.31 Å². The molecular weight excluding hydrogens is 276 g/mol. The number of benzene rings is 1. The van der Waals surface area contributed by atoms with Crippen LogP contribution in [0.3, 0.4) is 0 Å². The molecule has 0 aromatic heterocycles. The summed E-state index contributed by atoms with van der Waals surface area (Å²) in [5.74, 6) is 0.0306. The molecule has 0 atom stereocenters. The minimum Gasteiger partial charge on any atom is -0.398 e. The van der Waals surface area contributed by atoms with Crippen LogP contribution >= 0.6 is 0 Å². The highest BCUT2D eigenvalue weighted by molar-refractivity contribution is 7.89. The van der Waals surface area contributed by atoms with Crippen LogP contribution in [0.25, 0.3) is 0 Å². The largest absolute Gasteiger partial charge is 0.398 e. The summed E-state index contributed by atoms with van der Waals surface area (Å²) in [6.45, 7) is 4.93. The van der Waals surface area contributed by atoms with Gasteiger partial charge in [-0.1, -0.05) is 12.1 Å². The molecule has 6 heteroatoms. The Morgan fingerprint density at radius 1 is 1.40 bits per heavy atom. The molecule has 0 radical (unpaired) electrons. The Morgan fingerprint density at radius 2 is 2.15 bits per heavy atom. The molecule has 2 rings (SSSR count). The quantitative estimate of drug-likeness (QED) is 0.834. The SMILES string of the molecule is CC(C)OCCS(=O)(=O)N1CCc2c(N)cccc2C1. The number of fused-ring (bicyclic) bond motifs is 1. The van der Waals surface area contributed by atoms with Crippen molar-refractivity contribution in [3.63, 3.8) is 0 Å². The Kier molecular flexibility index (Phi) is 4.67. The summed E-state index contributed by atoms with van der Waals surface area (Å²) in [6.07, 6.45) is 0.721. The highest BCUT2D eigenvalue weighted by Crippen LogP contribution is 2.25. The fourth-order valence-electron chi connectivity index (χ4n) is 2.37. The molecule has 1 aromatic rings. The van der Waals surface area contributed by atoms with E-state index in [1.54, 1.807) is 0 Å². The van der Waals surface area contributed by atoms with Gasteiger partial charge in [-0.25, -0.2) is 8.42 Å². The summed E-state index contributed by atoms with van der Waals surface area (Å²) in [7, 11) is -3.27. The highest BCUT2D eigenvalue weighted by atomic mass is 32.2. The number of sulfonamides is 1. The summed E-state index contributed by atoms with van der Waals surface area (Å²) in [6, 6.07) is 5.67. The van der Waals surface area contributed by atoms with E-state index < -0.39 is 10.0 Å². The van der Waals surface area contributed by atoms with E-state index in [-0.39, 0.29) is 18.5 Å². The average molecular weight is 298 g/mol. The lowest BCUT2D eigenvalue weighted by Gasteiger charge is -2.28. The van der Waals surface area contributed by atoms with Crippen molar-refractivity contribution in [2.45, 2.75) is 32.9 Å². The minimum atomic E-state index is -3.27. The molecule has 0 fully saturated rings. The van der Waals surface area contributed by atoms with Crippen LogP contribution in [-0.4, -0.2) is 37.7 Å². The molecule has 0 bridgehead atoms. The molecule has 1 aliphatic rings. The molecular formula is C14H22N2O3S. The van der Waals surface area contributed by atoms with Gasteiger partial charge in [0.1, 0.15) is 0 Å². The van der Waals surface area contributed by atoms with Crippen LogP contribution in [0.15, 0.2) is 18.2 Å². The second-order valence-electron chi connectivity index (χ2n) is 5.30. The molecule has 112 valence electrons. The number of nitrogens with zero attached hydrogens (tertiary/aromatic N) is 1. The normalized spacial score (nSPS) is 16.4. The van der Waals surface area contributed by atoms with E-state index in [9.17, 15) is 8.42 Å². The van der Waals surface area contributed by atoms with Crippen molar-refractivity contribution >= 4 is 15.7 Å². The van der Waals surface area contributed by atoms with Crippen LogP contribution in [-0.2, 0) is 27.7 Å². The van der Waals surface area contributed by atoms with Crippen molar-refractivity contribution < 1.29 is 13.2 Å². The zero-order chi connectivity index (χ0) is 14.8. The van der Waals surface area contributed by atoms with Crippen molar-refractivity contribution in [2.75, 3.05) is 24.6 Å². The third-order valence-corrected chi connectivity index (χ3v) is 5.23. The predicted octanol–water partition coefficient (Wildman–Crippen LogP) is 1.38. The summed E-state index contributed by atoms with van der Waals surface area (Å²) >= 11 is 0. The molecule has 0 spiro atoms. The van der Waals surface area contributed by atoms with Crippen LogP contribution < -0.4 is 5.73 Å². The van der Waals surface area contributed by atoms with Crippen LogP contribution in [0.2, 0.25) is 0 Å². The van der Waals surface area contributed by atoms with E-state index in [1.807, 2.05) is 32.0 Å². The van der Waals surface area contributed by atoms with Gasteiger partial charge in [-0.3, -0.25) is 0 Å². The molecule has 1 heterocycles. The molecule has 2 N–H and O–H groups in total. The molecule has 0 saturated heterocycles. The predicted molar refractivity (Wildman–Crippen MR) is 79.8 cm³/mol. The highest BCUT2D eigenvalue weighted by Gasteiger charge is 2.27. The Labute approximate surface area is 120 Å². The first-order chi connectivity index (χ1) is 9.40. The number of nitrogens with two attached hydrogens (primary N) is 1. The second-order valence-corrected chi connectivity index (χ2v) is 7.39. The Morgan fingerprint density at radius 3 is 2.85 bits per heavy atom. The van der Waals surface area contributed by atoms with Crippen molar-refractivity contribution in [3.8, 4) is 0 Å². The number of nitrogen functional groups attached to an aromatic ring is 1. The summed E-state index contributed by atoms with van der Waals surface area (Å²) in [5.41, 5.74) is 8.76. The number of hydrogen-bond acceptors (Lipinski definition) is 4. The maximum absolute atomic E-state index is 12.3. The summed E-state index contributed by atoms with van der Waals surface area (Å²) in [4.78, 5) is 0. The number of ether oxygens (including phenoxy) is 1. The Hall–Kier alpha value is -1.11. The van der Waals surface area contributed by atoms with Crippen LogP contribution in [0, 0.1) is 0 Å². The fourth-order valence-corrected chi connectivity index (χ4v) is 3.64. The van der Waals surface area contributed by atoms with Crippen molar-refractivity contribution in [3.05, 3.63) is 29.3 Å². The van der Waals surface area contributed by atoms with Crippen molar-refractivity contribution in [1.82, 2.24) is 4.31 Å². The Balaban J connectivity index is 2.05. The van der Waals surface area contributed by atoms with Gasteiger partial charge in [-0.05, 0) is 37.5 Å². The first-order valence-corrected chi connectivity index (χ1v) is 8.47. The van der Waals surface area contributed by atoms with Crippen LogP contribution in [0.4, 0.5) is 5.69 Å². The number of anilines is 1. The molecule has 0 amide bonds. The maximum Gasteiger partial charge on any atom is 0.216 e. The molecule has 5 nitrogen and oxygen atoms in total. The molecule has 1 aliphatic heterocycles. The zero-order valence-electron chi connectivity index (χ0n) is 12.0. The lowest BCUT2D eigenvalue weighted by atomic mass is 9.99. The van der Waals surface area contributed by atoms with E-state index in [1.165, 1.54) is 4.31 Å². The standard InChI is InChI=1S/C14H22N2O3S/c1-11(2)19-8-9-20(17,18)16-7-6-13-12(10-16)4-3-5-14(13)15/h3-5,11H,6-10,15H2,1-2H3. The van der Waals surface area contributed by atoms with Crippen LogP contribution in [0.1, 0.15) is 25.0 Å². The third-order valence-electron chi connectivity index (χ3n) is 3.45.